The Labute approximate surface area is 180 Å². The molecule has 2 atom stereocenters. The van der Waals surface area contributed by atoms with Crippen molar-refractivity contribution in [3.63, 3.8) is 0 Å². The van der Waals surface area contributed by atoms with Gasteiger partial charge in [0.05, 0.1) is 17.8 Å². The predicted molar refractivity (Wildman–Crippen MR) is 117 cm³/mol. The molecule has 0 saturated carbocycles. The van der Waals surface area contributed by atoms with Crippen LogP contribution in [-0.4, -0.2) is 60.9 Å². The minimum atomic E-state index is -0.536. The zero-order chi connectivity index (χ0) is 22.4. The van der Waals surface area contributed by atoms with Crippen molar-refractivity contribution in [2.45, 2.75) is 32.5 Å². The molecule has 2 aromatic rings. The number of anilines is 1. The van der Waals surface area contributed by atoms with Crippen LogP contribution in [0.5, 0.6) is 0 Å². The Hall–Kier alpha value is -3.22. The molecule has 0 aliphatic carbocycles. The maximum atomic E-state index is 13.3. The first kappa shape index (κ1) is 22.5. The number of hydrogen-bond donors (Lipinski definition) is 1. The summed E-state index contributed by atoms with van der Waals surface area (Å²) in [6.45, 7) is 5.88. The molecule has 0 bridgehead atoms. The van der Waals surface area contributed by atoms with E-state index in [1.807, 2.05) is 24.8 Å². The molecule has 164 valence electrons. The molecule has 1 amide bonds. The summed E-state index contributed by atoms with van der Waals surface area (Å²) in [5.41, 5.74) is 0.206. The number of ether oxygens (including phenoxy) is 2. The van der Waals surface area contributed by atoms with Crippen LogP contribution in [0.15, 0.2) is 34.8 Å². The van der Waals surface area contributed by atoms with Crippen molar-refractivity contribution in [2.24, 2.45) is 0 Å². The van der Waals surface area contributed by atoms with Gasteiger partial charge in [0.25, 0.3) is 11.5 Å². The van der Waals surface area contributed by atoms with Gasteiger partial charge in [-0.1, -0.05) is 6.07 Å². The number of morpholine rings is 1. The number of amides is 1. The molecule has 3 heterocycles. The summed E-state index contributed by atoms with van der Waals surface area (Å²) in [5, 5.41) is 12.3. The second-order valence-corrected chi connectivity index (χ2v) is 7.52. The van der Waals surface area contributed by atoms with E-state index >= 15 is 0 Å². The normalized spacial score (nSPS) is 19.3. The molecule has 1 saturated heterocycles. The molecule has 0 unspecified atom stereocenters. The van der Waals surface area contributed by atoms with E-state index in [1.54, 1.807) is 31.5 Å². The third-order valence-corrected chi connectivity index (χ3v) is 4.93. The zero-order valence-corrected chi connectivity index (χ0v) is 18.0. The van der Waals surface area contributed by atoms with Gasteiger partial charge in [-0.15, -0.1) is 0 Å². The lowest BCUT2D eigenvalue weighted by molar-refractivity contribution is -0.117. The Morgan fingerprint density at radius 3 is 2.81 bits per heavy atom. The number of nitrogens with one attached hydrogen (secondary N) is 1. The van der Waals surface area contributed by atoms with Gasteiger partial charge in [-0.05, 0) is 38.5 Å². The maximum Gasteiger partial charge on any atom is 0.267 e. The summed E-state index contributed by atoms with van der Waals surface area (Å²) in [4.78, 5) is 32.5. The van der Waals surface area contributed by atoms with Crippen LogP contribution in [0, 0.1) is 11.3 Å². The number of carbonyl (C=O) groups is 1. The molecule has 1 aliphatic heterocycles. The molecule has 9 nitrogen and oxygen atoms in total. The highest BCUT2D eigenvalue weighted by atomic mass is 16.5. The van der Waals surface area contributed by atoms with Crippen LogP contribution in [-0.2, 0) is 14.3 Å². The van der Waals surface area contributed by atoms with Crippen LogP contribution in [0.3, 0.4) is 0 Å². The van der Waals surface area contributed by atoms with E-state index in [-0.39, 0.29) is 28.9 Å². The molecule has 0 radical (unpaired) electrons. The average molecular weight is 425 g/mol. The van der Waals surface area contributed by atoms with E-state index in [1.165, 1.54) is 10.5 Å². The first-order chi connectivity index (χ1) is 14.9. The fourth-order valence-corrected chi connectivity index (χ4v) is 3.62. The van der Waals surface area contributed by atoms with Crippen molar-refractivity contribution in [2.75, 3.05) is 38.3 Å². The number of nitriles is 1. The summed E-state index contributed by atoms with van der Waals surface area (Å²) in [5.74, 6) is -0.0936. The molecule has 31 heavy (non-hydrogen) atoms. The van der Waals surface area contributed by atoms with Crippen molar-refractivity contribution < 1.29 is 14.3 Å². The number of methoxy groups -OCH3 is 1. The van der Waals surface area contributed by atoms with Gasteiger partial charge < -0.3 is 19.7 Å². The Morgan fingerprint density at radius 1 is 1.39 bits per heavy atom. The first-order valence-corrected chi connectivity index (χ1v) is 10.2. The van der Waals surface area contributed by atoms with Crippen molar-refractivity contribution >= 4 is 23.4 Å². The van der Waals surface area contributed by atoms with E-state index in [4.69, 9.17) is 14.5 Å². The number of pyridine rings is 1. The van der Waals surface area contributed by atoms with E-state index in [0.29, 0.717) is 44.1 Å². The quantitative estimate of drug-likeness (QED) is 0.405. The number of hydrogen-bond acceptors (Lipinski definition) is 7. The lowest BCUT2D eigenvalue weighted by Crippen LogP contribution is -2.46. The Morgan fingerprint density at radius 2 is 2.13 bits per heavy atom. The van der Waals surface area contributed by atoms with Gasteiger partial charge in [-0.2, -0.15) is 5.26 Å². The Balaban J connectivity index is 2.05. The molecular formula is C22H27N5O4. The molecule has 1 fully saturated rings. The van der Waals surface area contributed by atoms with Gasteiger partial charge in [-0.3, -0.25) is 14.0 Å². The van der Waals surface area contributed by atoms with Gasteiger partial charge >= 0.3 is 0 Å². The molecule has 3 rings (SSSR count). The second kappa shape index (κ2) is 10.2. The highest BCUT2D eigenvalue weighted by Gasteiger charge is 2.27. The maximum absolute atomic E-state index is 13.3. The van der Waals surface area contributed by atoms with Crippen LogP contribution < -0.4 is 15.8 Å². The van der Waals surface area contributed by atoms with Crippen molar-refractivity contribution in [1.29, 1.82) is 5.26 Å². The minimum Gasteiger partial charge on any atom is -0.385 e. The van der Waals surface area contributed by atoms with Crippen LogP contribution >= 0.6 is 0 Å². The second-order valence-electron chi connectivity index (χ2n) is 7.52. The number of nitrogens with zero attached hydrogens (tertiary/aromatic N) is 4. The molecule has 0 spiro atoms. The SMILES string of the molecule is COCCCNC(=O)/C(C#N)=C/c1c(N2C[C@H](C)O[C@@H](C)C2)nc2ccccn2c1=O. The molecule has 0 aromatic carbocycles. The molecule has 9 heteroatoms. The fraction of sp³-hybridized carbons (Fsp3) is 0.455. The molecule has 1 aliphatic rings. The topological polar surface area (TPSA) is 109 Å². The Bertz CT molecular complexity index is 1060. The number of rotatable bonds is 7. The van der Waals surface area contributed by atoms with Gasteiger partial charge in [-0.25, -0.2) is 4.98 Å². The highest BCUT2D eigenvalue weighted by molar-refractivity contribution is 6.02. The smallest absolute Gasteiger partial charge is 0.267 e. The lowest BCUT2D eigenvalue weighted by atomic mass is 10.1. The molecular weight excluding hydrogens is 398 g/mol. The van der Waals surface area contributed by atoms with Crippen LogP contribution in [0.1, 0.15) is 25.8 Å². The summed E-state index contributed by atoms with van der Waals surface area (Å²) >= 11 is 0. The van der Waals surface area contributed by atoms with Crippen molar-refractivity contribution in [3.8, 4) is 6.07 Å². The average Bonchev–Trinajstić information content (AvgIpc) is 2.75. The van der Waals surface area contributed by atoms with Gasteiger partial charge in [0.15, 0.2) is 0 Å². The Kier molecular flexibility index (Phi) is 7.39. The van der Waals surface area contributed by atoms with E-state index in [2.05, 4.69) is 5.32 Å². The minimum absolute atomic E-state index is 0.0453. The predicted octanol–water partition coefficient (Wildman–Crippen LogP) is 1.37. The number of aromatic nitrogens is 2. The van der Waals surface area contributed by atoms with Gasteiger partial charge in [0.1, 0.15) is 23.1 Å². The fourth-order valence-electron chi connectivity index (χ4n) is 3.62. The zero-order valence-electron chi connectivity index (χ0n) is 18.0. The standard InChI is InChI=1S/C22H27N5O4/c1-15-13-26(14-16(2)31-15)20-18(22(29)27-9-5-4-7-19(27)25-20)11-17(12-23)21(28)24-8-6-10-30-3/h4-5,7,9,11,15-16H,6,8,10,13-14H2,1-3H3,(H,24,28)/b17-11+/t15-,16-/m0/s1. The molecule has 1 N–H and O–H groups in total. The van der Waals surface area contributed by atoms with E-state index < -0.39 is 5.91 Å². The summed E-state index contributed by atoms with van der Waals surface area (Å²) in [6.07, 6.45) is 3.48. The van der Waals surface area contributed by atoms with Crippen LogP contribution in [0.4, 0.5) is 5.82 Å². The van der Waals surface area contributed by atoms with Crippen molar-refractivity contribution in [1.82, 2.24) is 14.7 Å². The number of fused-ring (bicyclic) bond motifs is 1. The van der Waals surface area contributed by atoms with Crippen LogP contribution in [0.2, 0.25) is 0 Å². The third kappa shape index (κ3) is 5.29. The van der Waals surface area contributed by atoms with Gasteiger partial charge in [0.2, 0.25) is 0 Å². The highest BCUT2D eigenvalue weighted by Crippen LogP contribution is 2.23. The van der Waals surface area contributed by atoms with Crippen LogP contribution in [0.25, 0.3) is 11.7 Å². The van der Waals surface area contributed by atoms with Gasteiger partial charge in [0, 0.05) is 39.5 Å². The number of carbonyl (C=O) groups excluding carboxylic acids is 1. The summed E-state index contributed by atoms with van der Waals surface area (Å²) < 4.78 is 12.2. The summed E-state index contributed by atoms with van der Waals surface area (Å²) in [7, 11) is 1.58. The van der Waals surface area contributed by atoms with Crippen molar-refractivity contribution in [3.05, 3.63) is 45.9 Å². The van der Waals surface area contributed by atoms with E-state index in [0.717, 1.165) is 0 Å². The summed E-state index contributed by atoms with van der Waals surface area (Å²) in [6, 6.07) is 7.20. The molecule has 2 aromatic heterocycles. The van der Waals surface area contributed by atoms with E-state index in [9.17, 15) is 14.9 Å². The third-order valence-electron chi connectivity index (χ3n) is 4.93. The monoisotopic (exact) mass is 425 g/mol. The largest absolute Gasteiger partial charge is 0.385 e. The first-order valence-electron chi connectivity index (χ1n) is 10.2. The lowest BCUT2D eigenvalue weighted by Gasteiger charge is -2.36.